The SMILES string of the molecule is CCn1c(SCc2ccccc2Cl)nnc1-c1ccc2c(c1)OCCO2. The Balaban J connectivity index is 1.60. The molecular formula is C19H18ClN3O2S. The van der Waals surface area contributed by atoms with Crippen molar-refractivity contribution in [1.82, 2.24) is 14.8 Å². The van der Waals surface area contributed by atoms with Gasteiger partial charge in [-0.25, -0.2) is 0 Å². The van der Waals surface area contributed by atoms with Gasteiger partial charge in [-0.05, 0) is 36.8 Å². The average Bonchev–Trinajstić information content (AvgIpc) is 3.10. The molecule has 2 heterocycles. The quantitative estimate of drug-likeness (QED) is 0.595. The number of nitrogens with zero attached hydrogens (tertiary/aromatic N) is 3. The van der Waals surface area contributed by atoms with Crippen molar-refractivity contribution in [3.05, 3.63) is 53.1 Å². The Labute approximate surface area is 161 Å². The molecule has 2 aromatic carbocycles. The summed E-state index contributed by atoms with van der Waals surface area (Å²) in [5.74, 6) is 3.10. The van der Waals surface area contributed by atoms with Gasteiger partial charge in [-0.2, -0.15) is 0 Å². The van der Waals surface area contributed by atoms with Crippen LogP contribution in [0.2, 0.25) is 5.02 Å². The van der Waals surface area contributed by atoms with Crippen LogP contribution < -0.4 is 9.47 Å². The van der Waals surface area contributed by atoms with Crippen molar-refractivity contribution < 1.29 is 9.47 Å². The van der Waals surface area contributed by atoms with Crippen LogP contribution in [0.3, 0.4) is 0 Å². The van der Waals surface area contributed by atoms with Crippen molar-refractivity contribution in [3.8, 4) is 22.9 Å². The van der Waals surface area contributed by atoms with Crippen LogP contribution in [0.25, 0.3) is 11.4 Å². The van der Waals surface area contributed by atoms with E-state index in [0.29, 0.717) is 13.2 Å². The summed E-state index contributed by atoms with van der Waals surface area (Å²) in [4.78, 5) is 0. The third-order valence-electron chi connectivity index (χ3n) is 4.15. The van der Waals surface area contributed by atoms with E-state index in [4.69, 9.17) is 21.1 Å². The van der Waals surface area contributed by atoms with Crippen molar-refractivity contribution in [1.29, 1.82) is 0 Å². The van der Waals surface area contributed by atoms with Crippen LogP contribution in [0.15, 0.2) is 47.6 Å². The molecule has 134 valence electrons. The summed E-state index contributed by atoms with van der Waals surface area (Å²) in [5.41, 5.74) is 2.05. The van der Waals surface area contributed by atoms with Crippen molar-refractivity contribution >= 4 is 23.4 Å². The molecule has 1 aliphatic heterocycles. The van der Waals surface area contributed by atoms with Crippen LogP contribution in [0, 0.1) is 0 Å². The smallest absolute Gasteiger partial charge is 0.191 e. The fraction of sp³-hybridized carbons (Fsp3) is 0.263. The number of hydrogen-bond donors (Lipinski definition) is 0. The normalized spacial score (nSPS) is 13.0. The summed E-state index contributed by atoms with van der Waals surface area (Å²) in [6.07, 6.45) is 0. The molecule has 0 unspecified atom stereocenters. The molecule has 0 N–H and O–H groups in total. The van der Waals surface area contributed by atoms with E-state index in [2.05, 4.69) is 21.7 Å². The van der Waals surface area contributed by atoms with Gasteiger partial charge in [0.1, 0.15) is 13.2 Å². The highest BCUT2D eigenvalue weighted by atomic mass is 35.5. The first-order valence-electron chi connectivity index (χ1n) is 8.45. The molecule has 0 spiro atoms. The van der Waals surface area contributed by atoms with E-state index in [-0.39, 0.29) is 0 Å². The maximum absolute atomic E-state index is 6.25. The number of rotatable bonds is 5. The fourth-order valence-electron chi connectivity index (χ4n) is 2.83. The molecule has 0 saturated carbocycles. The Hall–Kier alpha value is -2.18. The Bertz CT molecular complexity index is 929. The number of ether oxygens (including phenoxy) is 2. The monoisotopic (exact) mass is 387 g/mol. The van der Waals surface area contributed by atoms with Gasteiger partial charge < -0.3 is 14.0 Å². The lowest BCUT2D eigenvalue weighted by Gasteiger charge is -2.18. The molecule has 0 bridgehead atoms. The second kappa shape index (κ2) is 7.60. The Morgan fingerprint density at radius 2 is 1.88 bits per heavy atom. The van der Waals surface area contributed by atoms with E-state index >= 15 is 0 Å². The van der Waals surface area contributed by atoms with Crippen LogP contribution in [0.4, 0.5) is 0 Å². The van der Waals surface area contributed by atoms with Gasteiger partial charge in [-0.3, -0.25) is 0 Å². The van der Waals surface area contributed by atoms with Crippen LogP contribution in [-0.4, -0.2) is 28.0 Å². The first kappa shape index (κ1) is 17.2. The lowest BCUT2D eigenvalue weighted by molar-refractivity contribution is 0.171. The number of hydrogen-bond acceptors (Lipinski definition) is 5. The lowest BCUT2D eigenvalue weighted by atomic mass is 10.2. The number of aromatic nitrogens is 3. The zero-order chi connectivity index (χ0) is 17.9. The standard InChI is InChI=1S/C19H18ClN3O2S/c1-2-23-18(13-7-8-16-17(11-13)25-10-9-24-16)21-22-19(23)26-12-14-5-3-4-6-15(14)20/h3-8,11H,2,9-10,12H2,1H3. The minimum Gasteiger partial charge on any atom is -0.486 e. The van der Waals surface area contributed by atoms with Gasteiger partial charge in [-0.1, -0.05) is 41.6 Å². The van der Waals surface area contributed by atoms with Gasteiger partial charge in [0.25, 0.3) is 0 Å². The minimum atomic E-state index is 0.565. The van der Waals surface area contributed by atoms with E-state index < -0.39 is 0 Å². The van der Waals surface area contributed by atoms with Crippen LogP contribution in [0.5, 0.6) is 11.5 Å². The van der Waals surface area contributed by atoms with Crippen LogP contribution >= 0.6 is 23.4 Å². The van der Waals surface area contributed by atoms with E-state index in [0.717, 1.165) is 50.9 Å². The van der Waals surface area contributed by atoms with E-state index in [1.807, 2.05) is 42.5 Å². The van der Waals surface area contributed by atoms with Crippen molar-refractivity contribution in [2.45, 2.75) is 24.4 Å². The maximum atomic E-state index is 6.25. The summed E-state index contributed by atoms with van der Waals surface area (Å²) in [6.45, 7) is 4.02. The Kier molecular flexibility index (Phi) is 5.04. The summed E-state index contributed by atoms with van der Waals surface area (Å²) in [6, 6.07) is 13.7. The molecule has 0 amide bonds. The van der Waals surface area contributed by atoms with Gasteiger partial charge in [-0.15, -0.1) is 10.2 Å². The van der Waals surface area contributed by atoms with E-state index in [1.165, 1.54) is 0 Å². The predicted molar refractivity (Wildman–Crippen MR) is 103 cm³/mol. The first-order valence-corrected chi connectivity index (χ1v) is 9.82. The van der Waals surface area contributed by atoms with Gasteiger partial charge >= 0.3 is 0 Å². The van der Waals surface area contributed by atoms with Gasteiger partial charge in [0, 0.05) is 22.9 Å². The molecule has 0 atom stereocenters. The molecule has 7 heteroatoms. The molecule has 26 heavy (non-hydrogen) atoms. The largest absolute Gasteiger partial charge is 0.486 e. The summed E-state index contributed by atoms with van der Waals surface area (Å²) in [5, 5.41) is 10.4. The number of fused-ring (bicyclic) bond motifs is 1. The van der Waals surface area contributed by atoms with Gasteiger partial charge in [0.15, 0.2) is 22.5 Å². The molecule has 0 radical (unpaired) electrons. The molecule has 0 saturated heterocycles. The molecular weight excluding hydrogens is 370 g/mol. The van der Waals surface area contributed by atoms with Gasteiger partial charge in [0.2, 0.25) is 0 Å². The lowest BCUT2D eigenvalue weighted by Crippen LogP contribution is -2.15. The number of benzene rings is 2. The molecule has 0 fully saturated rings. The minimum absolute atomic E-state index is 0.565. The maximum Gasteiger partial charge on any atom is 0.191 e. The fourth-order valence-corrected chi connectivity index (χ4v) is 4.12. The van der Waals surface area contributed by atoms with E-state index in [1.54, 1.807) is 11.8 Å². The Morgan fingerprint density at radius 1 is 1.08 bits per heavy atom. The third-order valence-corrected chi connectivity index (χ3v) is 5.53. The topological polar surface area (TPSA) is 49.2 Å². The zero-order valence-corrected chi connectivity index (χ0v) is 15.9. The highest BCUT2D eigenvalue weighted by Gasteiger charge is 2.17. The van der Waals surface area contributed by atoms with Crippen molar-refractivity contribution in [3.63, 3.8) is 0 Å². The second-order valence-corrected chi connectivity index (χ2v) is 7.14. The number of halogens is 1. The highest BCUT2D eigenvalue weighted by molar-refractivity contribution is 7.98. The zero-order valence-electron chi connectivity index (χ0n) is 14.3. The van der Waals surface area contributed by atoms with Crippen molar-refractivity contribution in [2.24, 2.45) is 0 Å². The highest BCUT2D eigenvalue weighted by Crippen LogP contribution is 2.35. The first-order chi connectivity index (χ1) is 12.8. The Morgan fingerprint density at radius 3 is 2.69 bits per heavy atom. The molecule has 4 rings (SSSR count). The molecule has 3 aromatic rings. The molecule has 1 aliphatic rings. The molecule has 1 aromatic heterocycles. The van der Waals surface area contributed by atoms with Crippen molar-refractivity contribution in [2.75, 3.05) is 13.2 Å². The predicted octanol–water partition coefficient (Wildman–Crippen LogP) is 4.68. The summed E-state index contributed by atoms with van der Waals surface area (Å²) >= 11 is 7.88. The number of thioether (sulfide) groups is 1. The molecule has 0 aliphatic carbocycles. The molecule has 5 nitrogen and oxygen atoms in total. The van der Waals surface area contributed by atoms with Crippen LogP contribution in [-0.2, 0) is 12.3 Å². The summed E-state index contributed by atoms with van der Waals surface area (Å²) < 4.78 is 13.4. The van der Waals surface area contributed by atoms with Crippen LogP contribution in [0.1, 0.15) is 12.5 Å². The second-order valence-electron chi connectivity index (χ2n) is 5.79. The summed E-state index contributed by atoms with van der Waals surface area (Å²) in [7, 11) is 0. The average molecular weight is 388 g/mol. The third kappa shape index (κ3) is 3.39. The van der Waals surface area contributed by atoms with Gasteiger partial charge in [0.05, 0.1) is 0 Å². The van der Waals surface area contributed by atoms with E-state index in [9.17, 15) is 0 Å².